The minimum absolute atomic E-state index is 0.155. The summed E-state index contributed by atoms with van der Waals surface area (Å²) in [5, 5.41) is 3.87. The van der Waals surface area contributed by atoms with Crippen LogP contribution in [0.25, 0.3) is 0 Å². The van der Waals surface area contributed by atoms with E-state index in [9.17, 15) is 4.79 Å². The van der Waals surface area contributed by atoms with Gasteiger partial charge in [0.2, 0.25) is 0 Å². The molecule has 0 spiro atoms. The number of amides is 1. The first-order valence-corrected chi connectivity index (χ1v) is 10.1. The Morgan fingerprint density at radius 2 is 2.03 bits per heavy atom. The molecule has 1 unspecified atom stereocenters. The number of nitrogens with one attached hydrogen (secondary N) is 1. The van der Waals surface area contributed by atoms with Crippen LogP contribution in [-0.2, 0) is 0 Å². The predicted octanol–water partition coefficient (Wildman–Crippen LogP) is 2.97. The number of imidazole rings is 1. The monoisotopic (exact) mass is 413 g/mol. The lowest BCUT2D eigenvalue weighted by molar-refractivity contribution is 0.0366. The Balaban J connectivity index is 1.24. The van der Waals surface area contributed by atoms with Crippen molar-refractivity contribution >= 4 is 18.7 Å². The van der Waals surface area contributed by atoms with Gasteiger partial charge in [0.15, 0.2) is 0 Å². The second-order valence-corrected chi connectivity index (χ2v) is 7.47. The minimum atomic E-state index is -0.322. The molecule has 0 saturated carbocycles. The first-order valence-electron chi connectivity index (χ1n) is 9.56. The molecular weight excluding hydrogens is 390 g/mol. The van der Waals surface area contributed by atoms with Gasteiger partial charge in [-0.1, -0.05) is 12.1 Å². The predicted molar refractivity (Wildman–Crippen MR) is 110 cm³/mol. The molecule has 2 aromatic heterocycles. The van der Waals surface area contributed by atoms with E-state index in [1.54, 1.807) is 41.8 Å². The quantitative estimate of drug-likeness (QED) is 0.607. The van der Waals surface area contributed by atoms with Gasteiger partial charge in [-0.05, 0) is 42.5 Å². The van der Waals surface area contributed by atoms with Crippen molar-refractivity contribution in [3.8, 4) is 5.75 Å². The molecule has 152 valence electrons. The highest BCUT2D eigenvalue weighted by molar-refractivity contribution is 7.80. The van der Waals surface area contributed by atoms with Crippen molar-refractivity contribution in [2.45, 2.75) is 18.1 Å². The highest BCUT2D eigenvalue weighted by atomic mass is 32.1. The van der Waals surface area contributed by atoms with E-state index in [1.165, 1.54) is 4.85 Å². The summed E-state index contributed by atoms with van der Waals surface area (Å²) in [5.41, 5.74) is 0.973. The molecule has 8 nitrogen and oxygen atoms in total. The number of H-pyrrole nitrogens is 1. The number of piperidine rings is 1. The van der Waals surface area contributed by atoms with Crippen LogP contribution in [0.2, 0.25) is 0 Å². The molecule has 1 aliphatic heterocycles. The van der Waals surface area contributed by atoms with Crippen molar-refractivity contribution in [1.29, 1.82) is 0 Å². The molecule has 3 heterocycles. The normalized spacial score (nSPS) is 15.8. The van der Waals surface area contributed by atoms with Crippen molar-refractivity contribution in [2.24, 2.45) is 5.92 Å². The van der Waals surface area contributed by atoms with Gasteiger partial charge in [-0.25, -0.2) is 9.78 Å². The molecule has 1 atom stereocenters. The number of rotatable bonds is 6. The van der Waals surface area contributed by atoms with Gasteiger partial charge in [0, 0.05) is 25.5 Å². The van der Waals surface area contributed by atoms with Gasteiger partial charge >= 0.3 is 6.09 Å². The highest BCUT2D eigenvalue weighted by Crippen LogP contribution is 2.27. The fraction of sp³-hybridized carbons (Fsp3) is 0.350. The molecule has 9 heteroatoms. The number of carbonyl (C=O) groups excluding carboxylic acids is 1. The van der Waals surface area contributed by atoms with E-state index in [0.717, 1.165) is 24.2 Å². The average Bonchev–Trinajstić information content (AvgIpc) is 3.47. The number of benzene rings is 1. The van der Waals surface area contributed by atoms with E-state index in [-0.39, 0.29) is 11.3 Å². The van der Waals surface area contributed by atoms with Crippen LogP contribution >= 0.6 is 12.6 Å². The number of nitrogens with zero attached hydrogens (tertiary/aromatic N) is 4. The topological polar surface area (TPSA) is 85.3 Å². The number of ether oxygens (including phenoxy) is 1. The van der Waals surface area contributed by atoms with Crippen molar-refractivity contribution in [3.05, 3.63) is 66.5 Å². The molecule has 0 aliphatic carbocycles. The van der Waals surface area contributed by atoms with Gasteiger partial charge in [0.05, 0.1) is 17.6 Å². The summed E-state index contributed by atoms with van der Waals surface area (Å²) in [6.07, 6.45) is 8.33. The number of likely N-dealkylation sites (tertiary alicyclic amines) is 1. The zero-order chi connectivity index (χ0) is 20.1. The third-order valence-electron chi connectivity index (χ3n) is 4.97. The van der Waals surface area contributed by atoms with Crippen molar-refractivity contribution in [3.63, 3.8) is 0 Å². The Hall–Kier alpha value is -2.94. The molecule has 0 radical (unpaired) electrons. The van der Waals surface area contributed by atoms with Crippen molar-refractivity contribution < 1.29 is 14.4 Å². The van der Waals surface area contributed by atoms with Crippen LogP contribution in [0, 0.1) is 5.92 Å². The third-order valence-corrected chi connectivity index (χ3v) is 5.52. The fourth-order valence-corrected chi connectivity index (χ4v) is 3.58. The second kappa shape index (κ2) is 9.04. The van der Waals surface area contributed by atoms with Gasteiger partial charge in [-0.3, -0.25) is 0 Å². The van der Waals surface area contributed by atoms with Gasteiger partial charge < -0.3 is 19.5 Å². The maximum Gasteiger partial charge on any atom is 0.415 e. The molecule has 0 bridgehead atoms. The Bertz CT molecular complexity index is 891. The van der Waals surface area contributed by atoms with Crippen LogP contribution in [0.5, 0.6) is 5.75 Å². The lowest BCUT2D eigenvalue weighted by Crippen LogP contribution is -2.41. The van der Waals surface area contributed by atoms with E-state index in [4.69, 9.17) is 9.57 Å². The Morgan fingerprint density at radius 1 is 1.24 bits per heavy atom. The van der Waals surface area contributed by atoms with E-state index < -0.39 is 0 Å². The van der Waals surface area contributed by atoms with Gasteiger partial charge in [0.25, 0.3) is 0 Å². The summed E-state index contributed by atoms with van der Waals surface area (Å²) in [6.45, 7) is 1.90. The van der Waals surface area contributed by atoms with Crippen molar-refractivity contribution in [2.75, 3.05) is 19.7 Å². The largest absolute Gasteiger partial charge is 0.415 e. The van der Waals surface area contributed by atoms with Gasteiger partial charge in [0.1, 0.15) is 18.2 Å². The molecule has 3 aromatic rings. The van der Waals surface area contributed by atoms with Crippen LogP contribution in [0.1, 0.15) is 29.5 Å². The smallest absolute Gasteiger partial charge is 0.410 e. The summed E-state index contributed by atoms with van der Waals surface area (Å²) >= 11 is 4.58. The summed E-state index contributed by atoms with van der Waals surface area (Å²) in [5.74, 6) is 1.69. The molecule has 1 saturated heterocycles. The first-order chi connectivity index (χ1) is 14.2. The number of hydrogen-bond donors (Lipinski definition) is 2. The molecule has 1 aliphatic rings. The zero-order valence-corrected chi connectivity index (χ0v) is 16.7. The number of thiol groups is 1. The Kier molecular flexibility index (Phi) is 6.04. The van der Waals surface area contributed by atoms with Gasteiger partial charge in [-0.15, -0.1) is 9.94 Å². The van der Waals surface area contributed by atoms with Crippen LogP contribution in [0.4, 0.5) is 4.79 Å². The molecule has 4 rings (SSSR count). The molecule has 29 heavy (non-hydrogen) atoms. The zero-order valence-electron chi connectivity index (χ0n) is 15.8. The fourth-order valence-electron chi connectivity index (χ4n) is 3.26. The van der Waals surface area contributed by atoms with E-state index in [1.807, 2.05) is 18.2 Å². The molecule has 1 aromatic carbocycles. The Morgan fingerprint density at radius 3 is 2.69 bits per heavy atom. The SMILES string of the molecule is O=C(Oc1ccc(C(S)c2ncc[nH]2)cc1)N1CCC(COn2cccn2)CC1. The molecule has 1 N–H and O–H groups in total. The number of aromatic amines is 1. The lowest BCUT2D eigenvalue weighted by atomic mass is 9.98. The van der Waals surface area contributed by atoms with E-state index in [2.05, 4.69) is 27.7 Å². The summed E-state index contributed by atoms with van der Waals surface area (Å²) in [6, 6.07) is 9.16. The maximum absolute atomic E-state index is 12.5. The molecular formula is C20H23N5O3S. The standard InChI is InChI=1S/C20H23N5O3S/c26-20(24-12-6-15(7-13-24)14-27-25-11-1-8-23-25)28-17-4-2-16(3-5-17)18(29)19-21-9-10-22-19/h1-5,8-11,15,18,29H,6-7,12-14H2,(H,21,22). The number of aromatic nitrogens is 4. The van der Waals surface area contributed by atoms with Crippen molar-refractivity contribution in [1.82, 2.24) is 24.8 Å². The van der Waals surface area contributed by atoms with E-state index in [0.29, 0.717) is 31.4 Å². The van der Waals surface area contributed by atoms with E-state index >= 15 is 0 Å². The maximum atomic E-state index is 12.5. The van der Waals surface area contributed by atoms with Crippen LogP contribution < -0.4 is 9.57 Å². The lowest BCUT2D eigenvalue weighted by Gasteiger charge is -2.30. The second-order valence-electron chi connectivity index (χ2n) is 6.95. The number of carbonyl (C=O) groups is 1. The summed E-state index contributed by atoms with van der Waals surface area (Å²) in [7, 11) is 0. The highest BCUT2D eigenvalue weighted by Gasteiger charge is 2.25. The molecule has 1 amide bonds. The molecule has 1 fully saturated rings. The van der Waals surface area contributed by atoms with Gasteiger partial charge in [-0.2, -0.15) is 12.6 Å². The van der Waals surface area contributed by atoms with Crippen LogP contribution in [0.15, 0.2) is 55.1 Å². The summed E-state index contributed by atoms with van der Waals surface area (Å²) < 4.78 is 5.53. The number of hydrogen-bond acceptors (Lipinski definition) is 6. The Labute approximate surface area is 174 Å². The first kappa shape index (κ1) is 19.4. The third kappa shape index (κ3) is 4.92. The van der Waals surface area contributed by atoms with Crippen LogP contribution in [0.3, 0.4) is 0 Å². The average molecular weight is 414 g/mol. The summed E-state index contributed by atoms with van der Waals surface area (Å²) in [4.78, 5) is 28.5. The van der Waals surface area contributed by atoms with Crippen LogP contribution in [-0.4, -0.2) is 50.6 Å². The minimum Gasteiger partial charge on any atom is -0.410 e.